The molecule has 154 valence electrons. The highest BCUT2D eigenvalue weighted by Gasteiger charge is 2.13. The quantitative estimate of drug-likeness (QED) is 0.336. The van der Waals surface area contributed by atoms with Crippen LogP contribution in [0.25, 0.3) is 11.6 Å². The van der Waals surface area contributed by atoms with Crippen LogP contribution in [0.4, 0.5) is 0 Å². The topological polar surface area (TPSA) is 67.8 Å². The fourth-order valence-electron chi connectivity index (χ4n) is 2.84. The predicted octanol–water partition coefficient (Wildman–Crippen LogP) is 4.90. The summed E-state index contributed by atoms with van der Waals surface area (Å²) in [6.45, 7) is 3.68. The minimum absolute atomic E-state index is 0.171. The standard InChI is InChI=1S/C24H24N2O3S/c1-18-9-15-23(16-10-18)30(27,28)26-25-19(2)24(21-7-5-4-6-8-21)17-20-11-13-22(29-3)14-12-20/h4-17,26H,1-3H3/b24-17-,25-19+. The zero-order valence-electron chi connectivity index (χ0n) is 17.2. The molecule has 0 saturated heterocycles. The van der Waals surface area contributed by atoms with Gasteiger partial charge in [0.2, 0.25) is 0 Å². The Morgan fingerprint density at radius 2 is 1.57 bits per heavy atom. The molecule has 1 N–H and O–H groups in total. The highest BCUT2D eigenvalue weighted by atomic mass is 32.2. The SMILES string of the molecule is COc1ccc(/C=C(/C(C)=N/NS(=O)(=O)c2ccc(C)cc2)c2ccccc2)cc1. The van der Waals surface area contributed by atoms with E-state index in [0.717, 1.165) is 28.0 Å². The Hall–Kier alpha value is -3.38. The van der Waals surface area contributed by atoms with E-state index in [2.05, 4.69) is 9.93 Å². The molecule has 3 aromatic carbocycles. The molecule has 0 spiro atoms. The molecular formula is C24H24N2O3S. The van der Waals surface area contributed by atoms with Crippen LogP contribution in [0.2, 0.25) is 0 Å². The molecule has 0 unspecified atom stereocenters. The number of aryl methyl sites for hydroxylation is 1. The number of nitrogens with zero attached hydrogens (tertiary/aromatic N) is 1. The summed E-state index contributed by atoms with van der Waals surface area (Å²) < 4.78 is 30.4. The van der Waals surface area contributed by atoms with Gasteiger partial charge in [0.15, 0.2) is 0 Å². The molecule has 0 fully saturated rings. The third-order valence-corrected chi connectivity index (χ3v) is 5.79. The average molecular weight is 421 g/mol. The Balaban J connectivity index is 1.94. The second-order valence-corrected chi connectivity index (χ2v) is 8.46. The highest BCUT2D eigenvalue weighted by Crippen LogP contribution is 2.22. The molecule has 0 aliphatic carbocycles. The van der Waals surface area contributed by atoms with Crippen molar-refractivity contribution in [2.24, 2.45) is 5.10 Å². The number of benzene rings is 3. The lowest BCUT2D eigenvalue weighted by Gasteiger charge is -2.10. The third-order valence-electron chi connectivity index (χ3n) is 4.57. The second-order valence-electron chi connectivity index (χ2n) is 6.80. The van der Waals surface area contributed by atoms with Crippen LogP contribution in [0.1, 0.15) is 23.6 Å². The van der Waals surface area contributed by atoms with Crippen LogP contribution >= 0.6 is 0 Å². The Bertz CT molecular complexity index is 1150. The fraction of sp³-hybridized carbons (Fsp3) is 0.125. The molecule has 6 heteroatoms. The van der Waals surface area contributed by atoms with Gasteiger partial charge in [-0.15, -0.1) is 0 Å². The predicted molar refractivity (Wildman–Crippen MR) is 122 cm³/mol. The number of methoxy groups -OCH3 is 1. The van der Waals surface area contributed by atoms with Crippen LogP contribution in [-0.4, -0.2) is 21.2 Å². The molecule has 0 aliphatic rings. The van der Waals surface area contributed by atoms with Crippen molar-refractivity contribution < 1.29 is 13.2 Å². The molecule has 0 radical (unpaired) electrons. The van der Waals surface area contributed by atoms with Crippen molar-refractivity contribution in [3.8, 4) is 5.75 Å². The first kappa shape index (κ1) is 21.3. The van der Waals surface area contributed by atoms with Crippen molar-refractivity contribution in [3.63, 3.8) is 0 Å². The number of sulfonamides is 1. The van der Waals surface area contributed by atoms with Crippen LogP contribution < -0.4 is 9.57 Å². The molecule has 0 bridgehead atoms. The Morgan fingerprint density at radius 3 is 2.17 bits per heavy atom. The zero-order valence-corrected chi connectivity index (χ0v) is 18.0. The monoisotopic (exact) mass is 420 g/mol. The largest absolute Gasteiger partial charge is 0.497 e. The summed E-state index contributed by atoms with van der Waals surface area (Å²) in [7, 11) is -2.13. The summed E-state index contributed by atoms with van der Waals surface area (Å²) in [5.74, 6) is 0.768. The van der Waals surface area contributed by atoms with Crippen LogP contribution in [-0.2, 0) is 10.0 Å². The molecule has 5 nitrogen and oxygen atoms in total. The van der Waals surface area contributed by atoms with Gasteiger partial charge >= 0.3 is 0 Å². The summed E-state index contributed by atoms with van der Waals surface area (Å²) in [6.07, 6.45) is 1.97. The van der Waals surface area contributed by atoms with Crippen molar-refractivity contribution in [3.05, 3.63) is 95.6 Å². The van der Waals surface area contributed by atoms with Crippen molar-refractivity contribution in [1.29, 1.82) is 0 Å². The number of ether oxygens (including phenoxy) is 1. The number of nitrogens with one attached hydrogen (secondary N) is 1. The van der Waals surface area contributed by atoms with E-state index in [1.54, 1.807) is 38.3 Å². The molecule has 3 rings (SSSR count). The smallest absolute Gasteiger partial charge is 0.276 e. The van der Waals surface area contributed by atoms with Crippen LogP contribution in [0, 0.1) is 6.92 Å². The van der Waals surface area contributed by atoms with E-state index in [1.165, 1.54) is 0 Å². The minimum Gasteiger partial charge on any atom is -0.497 e. The zero-order chi connectivity index (χ0) is 21.6. The molecule has 0 aliphatic heterocycles. The average Bonchev–Trinajstić information content (AvgIpc) is 2.77. The van der Waals surface area contributed by atoms with Crippen molar-refractivity contribution in [1.82, 2.24) is 4.83 Å². The second kappa shape index (κ2) is 9.41. The van der Waals surface area contributed by atoms with Gasteiger partial charge in [0, 0.05) is 5.57 Å². The first-order chi connectivity index (χ1) is 14.4. The summed E-state index contributed by atoms with van der Waals surface area (Å²) in [5, 5.41) is 4.19. The summed E-state index contributed by atoms with van der Waals surface area (Å²) in [4.78, 5) is 2.52. The molecule has 0 amide bonds. The van der Waals surface area contributed by atoms with Crippen molar-refractivity contribution >= 4 is 27.4 Å². The number of hydrazone groups is 1. The van der Waals surface area contributed by atoms with Crippen LogP contribution in [0.3, 0.4) is 0 Å². The lowest BCUT2D eigenvalue weighted by Crippen LogP contribution is -2.20. The normalized spacial score (nSPS) is 12.5. The molecule has 3 aromatic rings. The maximum Gasteiger partial charge on any atom is 0.276 e. The van der Waals surface area contributed by atoms with E-state index >= 15 is 0 Å². The Kier molecular flexibility index (Phi) is 6.69. The first-order valence-corrected chi connectivity index (χ1v) is 10.9. The minimum atomic E-state index is -3.75. The van der Waals surface area contributed by atoms with E-state index < -0.39 is 10.0 Å². The summed E-state index contributed by atoms with van der Waals surface area (Å²) in [5.41, 5.74) is 4.23. The van der Waals surface area contributed by atoms with E-state index in [-0.39, 0.29) is 4.90 Å². The Morgan fingerprint density at radius 1 is 0.933 bits per heavy atom. The van der Waals surface area contributed by atoms with Gasteiger partial charge in [-0.25, -0.2) is 0 Å². The number of allylic oxidation sites excluding steroid dienone is 1. The highest BCUT2D eigenvalue weighted by molar-refractivity contribution is 7.89. The van der Waals surface area contributed by atoms with E-state index in [4.69, 9.17) is 4.74 Å². The van der Waals surface area contributed by atoms with Crippen molar-refractivity contribution in [2.45, 2.75) is 18.7 Å². The molecule has 0 aromatic heterocycles. The van der Waals surface area contributed by atoms with E-state index in [0.29, 0.717) is 5.71 Å². The van der Waals surface area contributed by atoms with Gasteiger partial charge in [-0.2, -0.15) is 18.4 Å². The fourth-order valence-corrected chi connectivity index (χ4v) is 3.70. The van der Waals surface area contributed by atoms with E-state index in [9.17, 15) is 8.42 Å². The third kappa shape index (κ3) is 5.36. The summed E-state index contributed by atoms with van der Waals surface area (Å²) in [6, 6.07) is 24.0. The number of hydrogen-bond donors (Lipinski definition) is 1. The van der Waals surface area contributed by atoms with E-state index in [1.807, 2.05) is 67.6 Å². The molecule has 0 saturated carbocycles. The summed E-state index contributed by atoms with van der Waals surface area (Å²) >= 11 is 0. The van der Waals surface area contributed by atoms with Gasteiger partial charge < -0.3 is 4.74 Å². The van der Waals surface area contributed by atoms with Gasteiger partial charge in [0.05, 0.1) is 17.7 Å². The molecular weight excluding hydrogens is 396 g/mol. The molecule has 0 heterocycles. The van der Waals surface area contributed by atoms with Gasteiger partial charge in [-0.05, 0) is 55.3 Å². The maximum atomic E-state index is 12.6. The van der Waals surface area contributed by atoms with Gasteiger partial charge in [-0.1, -0.05) is 60.2 Å². The van der Waals surface area contributed by atoms with Gasteiger partial charge in [0.1, 0.15) is 5.75 Å². The maximum absolute atomic E-state index is 12.6. The van der Waals surface area contributed by atoms with Gasteiger partial charge in [0.25, 0.3) is 10.0 Å². The van der Waals surface area contributed by atoms with Crippen LogP contribution in [0.15, 0.2) is 88.9 Å². The van der Waals surface area contributed by atoms with Crippen LogP contribution in [0.5, 0.6) is 5.75 Å². The lowest BCUT2D eigenvalue weighted by molar-refractivity contribution is 0.415. The molecule has 30 heavy (non-hydrogen) atoms. The van der Waals surface area contributed by atoms with Gasteiger partial charge in [-0.3, -0.25) is 0 Å². The Labute approximate surface area is 177 Å². The number of rotatable bonds is 7. The van der Waals surface area contributed by atoms with Crippen molar-refractivity contribution in [2.75, 3.05) is 7.11 Å². The lowest BCUT2D eigenvalue weighted by atomic mass is 9.99. The number of hydrogen-bond acceptors (Lipinski definition) is 4. The molecule has 0 atom stereocenters. The first-order valence-electron chi connectivity index (χ1n) is 9.43.